The first-order valence-electron chi connectivity index (χ1n) is 9.30. The smallest absolute Gasteiger partial charge is 0.223 e. The average molecular weight is 395 g/mol. The molecule has 0 aliphatic heterocycles. The van der Waals surface area contributed by atoms with Gasteiger partial charge >= 0.3 is 0 Å². The van der Waals surface area contributed by atoms with Gasteiger partial charge in [0.1, 0.15) is 6.61 Å². The van der Waals surface area contributed by atoms with E-state index in [0.29, 0.717) is 29.4 Å². The molecule has 0 bridgehead atoms. The first kappa shape index (κ1) is 20.5. The molecule has 0 spiro atoms. The van der Waals surface area contributed by atoms with Crippen LogP contribution in [0.15, 0.2) is 65.6 Å². The van der Waals surface area contributed by atoms with E-state index in [-0.39, 0.29) is 17.7 Å². The lowest BCUT2D eigenvalue weighted by molar-refractivity contribution is 0.154. The first-order chi connectivity index (χ1) is 14.0. The number of aliphatic hydroxyl groups excluding tert-OH is 1. The van der Waals surface area contributed by atoms with Gasteiger partial charge in [0, 0.05) is 12.3 Å². The van der Waals surface area contributed by atoms with Gasteiger partial charge in [-0.15, -0.1) is 0 Å². The molecule has 0 amide bonds. The Hall–Kier alpha value is -3.25. The standard InChI is InChI=1S/C23H25NO5/c1-16-23(29-15-17-7-5-4-6-8-17)19(25)11-12-24(16)14-20(26)18-9-10-21(27-2)22(13-18)28-3/h4-13,20,26H,14-15H2,1-3H3/t20-/m1/s1. The number of nitrogens with zero attached hydrogens (tertiary/aromatic N) is 1. The zero-order valence-corrected chi connectivity index (χ0v) is 16.8. The van der Waals surface area contributed by atoms with Crippen molar-refractivity contribution in [1.82, 2.24) is 4.57 Å². The van der Waals surface area contributed by atoms with Gasteiger partial charge in [-0.3, -0.25) is 4.79 Å². The van der Waals surface area contributed by atoms with Crippen LogP contribution in [0.4, 0.5) is 0 Å². The minimum Gasteiger partial charge on any atom is -0.493 e. The van der Waals surface area contributed by atoms with Gasteiger partial charge in [0.2, 0.25) is 5.43 Å². The Morgan fingerprint density at radius 2 is 1.72 bits per heavy atom. The molecule has 0 saturated carbocycles. The summed E-state index contributed by atoms with van der Waals surface area (Å²) in [6.45, 7) is 2.38. The zero-order valence-electron chi connectivity index (χ0n) is 16.8. The van der Waals surface area contributed by atoms with Gasteiger partial charge in [-0.1, -0.05) is 36.4 Å². The normalized spacial score (nSPS) is 11.7. The van der Waals surface area contributed by atoms with E-state index in [1.807, 2.05) is 41.8 Å². The molecule has 1 aromatic heterocycles. The molecule has 3 aromatic rings. The molecule has 0 radical (unpaired) electrons. The lowest BCUT2D eigenvalue weighted by Gasteiger charge is -2.19. The Balaban J connectivity index is 1.79. The van der Waals surface area contributed by atoms with E-state index in [4.69, 9.17) is 14.2 Å². The molecular formula is C23H25NO5. The number of ether oxygens (including phenoxy) is 3. The van der Waals surface area contributed by atoms with E-state index in [9.17, 15) is 9.90 Å². The van der Waals surface area contributed by atoms with Gasteiger partial charge in [-0.25, -0.2) is 0 Å². The van der Waals surface area contributed by atoms with Gasteiger partial charge in [0.15, 0.2) is 17.2 Å². The second kappa shape index (κ2) is 9.30. The van der Waals surface area contributed by atoms with Crippen LogP contribution in [0.5, 0.6) is 17.2 Å². The Morgan fingerprint density at radius 3 is 2.41 bits per heavy atom. The van der Waals surface area contributed by atoms with E-state index in [1.165, 1.54) is 6.07 Å². The van der Waals surface area contributed by atoms with Crippen molar-refractivity contribution in [3.63, 3.8) is 0 Å². The molecule has 2 aromatic carbocycles. The molecule has 1 heterocycles. The largest absolute Gasteiger partial charge is 0.493 e. The van der Waals surface area contributed by atoms with Crippen molar-refractivity contribution in [3.05, 3.63) is 87.8 Å². The maximum atomic E-state index is 12.3. The van der Waals surface area contributed by atoms with Crippen LogP contribution in [0.2, 0.25) is 0 Å². The summed E-state index contributed by atoms with van der Waals surface area (Å²) < 4.78 is 18.1. The summed E-state index contributed by atoms with van der Waals surface area (Å²) >= 11 is 0. The fourth-order valence-corrected chi connectivity index (χ4v) is 3.11. The van der Waals surface area contributed by atoms with E-state index in [1.54, 1.807) is 38.6 Å². The van der Waals surface area contributed by atoms with Crippen molar-refractivity contribution in [3.8, 4) is 17.2 Å². The molecule has 152 valence electrons. The van der Waals surface area contributed by atoms with E-state index in [0.717, 1.165) is 5.56 Å². The van der Waals surface area contributed by atoms with Crippen molar-refractivity contribution in [2.75, 3.05) is 14.2 Å². The van der Waals surface area contributed by atoms with Gasteiger partial charge in [0.25, 0.3) is 0 Å². The second-order valence-electron chi connectivity index (χ2n) is 6.65. The Bertz CT molecular complexity index is 1010. The van der Waals surface area contributed by atoms with Crippen molar-refractivity contribution in [2.45, 2.75) is 26.2 Å². The monoisotopic (exact) mass is 395 g/mol. The third-order valence-corrected chi connectivity index (χ3v) is 4.78. The lowest BCUT2D eigenvalue weighted by atomic mass is 10.1. The van der Waals surface area contributed by atoms with Crippen LogP contribution in [0.3, 0.4) is 0 Å². The van der Waals surface area contributed by atoms with Gasteiger partial charge in [-0.05, 0) is 30.2 Å². The zero-order chi connectivity index (χ0) is 20.8. The highest BCUT2D eigenvalue weighted by Gasteiger charge is 2.15. The number of methoxy groups -OCH3 is 2. The van der Waals surface area contributed by atoms with Gasteiger partial charge < -0.3 is 23.9 Å². The van der Waals surface area contributed by atoms with Crippen LogP contribution in [0.25, 0.3) is 0 Å². The molecule has 0 fully saturated rings. The molecule has 1 N–H and O–H groups in total. The summed E-state index contributed by atoms with van der Waals surface area (Å²) in [4.78, 5) is 12.3. The Morgan fingerprint density at radius 1 is 1.00 bits per heavy atom. The molecule has 0 aliphatic rings. The summed E-state index contributed by atoms with van der Waals surface area (Å²) in [5, 5.41) is 10.7. The van der Waals surface area contributed by atoms with Crippen molar-refractivity contribution < 1.29 is 19.3 Å². The number of benzene rings is 2. The van der Waals surface area contributed by atoms with E-state index < -0.39 is 6.10 Å². The van der Waals surface area contributed by atoms with Crippen molar-refractivity contribution in [1.29, 1.82) is 0 Å². The summed E-state index contributed by atoms with van der Waals surface area (Å²) in [5.74, 6) is 1.43. The highest BCUT2D eigenvalue weighted by molar-refractivity contribution is 5.43. The third-order valence-electron chi connectivity index (χ3n) is 4.78. The minimum absolute atomic E-state index is 0.185. The summed E-state index contributed by atoms with van der Waals surface area (Å²) in [6.07, 6.45) is 0.870. The van der Waals surface area contributed by atoms with Crippen LogP contribution in [-0.4, -0.2) is 23.9 Å². The molecule has 0 unspecified atom stereocenters. The first-order valence-corrected chi connectivity index (χ1v) is 9.30. The Labute approximate surface area is 169 Å². The minimum atomic E-state index is -0.794. The molecule has 6 nitrogen and oxygen atoms in total. The van der Waals surface area contributed by atoms with Crippen molar-refractivity contribution in [2.24, 2.45) is 0 Å². The number of aromatic nitrogens is 1. The fourth-order valence-electron chi connectivity index (χ4n) is 3.11. The molecular weight excluding hydrogens is 370 g/mol. The molecule has 3 rings (SSSR count). The van der Waals surface area contributed by atoms with Gasteiger partial charge in [0.05, 0.1) is 32.6 Å². The third kappa shape index (κ3) is 4.78. The van der Waals surface area contributed by atoms with Crippen LogP contribution < -0.4 is 19.6 Å². The number of pyridine rings is 1. The van der Waals surface area contributed by atoms with E-state index in [2.05, 4.69) is 0 Å². The van der Waals surface area contributed by atoms with Crippen molar-refractivity contribution >= 4 is 0 Å². The molecule has 0 aliphatic carbocycles. The highest BCUT2D eigenvalue weighted by Crippen LogP contribution is 2.30. The van der Waals surface area contributed by atoms with Crippen LogP contribution >= 0.6 is 0 Å². The topological polar surface area (TPSA) is 69.9 Å². The maximum absolute atomic E-state index is 12.3. The quantitative estimate of drug-likeness (QED) is 0.632. The number of rotatable bonds is 8. The molecule has 29 heavy (non-hydrogen) atoms. The van der Waals surface area contributed by atoms with Crippen LogP contribution in [-0.2, 0) is 13.2 Å². The SMILES string of the molecule is COc1ccc([C@H](O)Cn2ccc(=O)c(OCc3ccccc3)c2C)cc1OC. The molecule has 6 heteroatoms. The molecule has 0 saturated heterocycles. The summed E-state index contributed by atoms with van der Waals surface area (Å²) in [6, 6.07) is 16.4. The highest BCUT2D eigenvalue weighted by atomic mass is 16.5. The Kier molecular flexibility index (Phi) is 6.57. The fraction of sp³-hybridized carbons (Fsp3) is 0.261. The van der Waals surface area contributed by atoms with Gasteiger partial charge in [-0.2, -0.15) is 0 Å². The number of hydrogen-bond acceptors (Lipinski definition) is 5. The lowest BCUT2D eigenvalue weighted by Crippen LogP contribution is -2.17. The molecule has 1 atom stereocenters. The predicted octanol–water partition coefficient (Wildman–Crippen LogP) is 3.49. The summed E-state index contributed by atoms with van der Waals surface area (Å²) in [5.41, 5.74) is 2.14. The van der Waals surface area contributed by atoms with Crippen LogP contribution in [0, 0.1) is 6.92 Å². The predicted molar refractivity (Wildman–Crippen MR) is 111 cm³/mol. The number of hydrogen-bond donors (Lipinski definition) is 1. The maximum Gasteiger partial charge on any atom is 0.223 e. The van der Waals surface area contributed by atoms with E-state index >= 15 is 0 Å². The number of aliphatic hydroxyl groups is 1. The average Bonchev–Trinajstić information content (AvgIpc) is 2.75. The summed E-state index contributed by atoms with van der Waals surface area (Å²) in [7, 11) is 3.12. The second-order valence-corrected chi connectivity index (χ2v) is 6.65. The van der Waals surface area contributed by atoms with Crippen LogP contribution in [0.1, 0.15) is 22.9 Å².